The fourth-order valence-corrected chi connectivity index (χ4v) is 3.12. The van der Waals surface area contributed by atoms with E-state index in [1.54, 1.807) is 17.4 Å². The van der Waals surface area contributed by atoms with Gasteiger partial charge in [0.05, 0.1) is 16.7 Å². The number of hydrogen-bond donors (Lipinski definition) is 2. The molecule has 0 aliphatic rings. The number of rotatable bonds is 3. The van der Waals surface area contributed by atoms with Crippen molar-refractivity contribution in [3.63, 3.8) is 0 Å². The predicted molar refractivity (Wildman–Crippen MR) is 81.2 cm³/mol. The van der Waals surface area contributed by atoms with Crippen LogP contribution in [-0.4, -0.2) is 10.1 Å². The molecule has 4 heteroatoms. The number of aryl methyl sites for hydroxylation is 4. The quantitative estimate of drug-likeness (QED) is 0.823. The maximum atomic E-state index is 9.68. The molecule has 1 unspecified atom stereocenters. The minimum absolute atomic E-state index is 0.160. The van der Waals surface area contributed by atoms with Crippen LogP contribution in [0.1, 0.15) is 39.7 Å². The van der Waals surface area contributed by atoms with Gasteiger partial charge in [0.15, 0.2) is 0 Å². The molecular weight excluding hydrogens is 256 g/mol. The molecule has 2 aromatic rings. The first-order chi connectivity index (χ1) is 8.88. The predicted octanol–water partition coefficient (Wildman–Crippen LogP) is 4.26. The molecule has 0 fully saturated rings. The van der Waals surface area contributed by atoms with Crippen molar-refractivity contribution < 1.29 is 5.11 Å². The molecule has 2 rings (SSSR count). The van der Waals surface area contributed by atoms with Crippen LogP contribution in [0.15, 0.2) is 12.1 Å². The highest BCUT2D eigenvalue weighted by atomic mass is 32.1. The lowest BCUT2D eigenvalue weighted by molar-refractivity contribution is 0.470. The Kier molecular flexibility index (Phi) is 3.80. The fourth-order valence-electron chi connectivity index (χ4n) is 2.20. The lowest BCUT2D eigenvalue weighted by Crippen LogP contribution is -2.09. The van der Waals surface area contributed by atoms with Crippen LogP contribution in [0.4, 0.5) is 5.69 Å². The third-order valence-corrected chi connectivity index (χ3v) is 4.17. The summed E-state index contributed by atoms with van der Waals surface area (Å²) >= 11 is 1.73. The zero-order valence-electron chi connectivity index (χ0n) is 12.0. The van der Waals surface area contributed by atoms with Crippen molar-refractivity contribution in [2.24, 2.45) is 0 Å². The maximum Gasteiger partial charge on any atom is 0.118 e. The third-order valence-electron chi connectivity index (χ3n) is 3.26. The SMILES string of the molecule is Cc1nc(C(C)Nc2cc(C)c(O)cc2C)c(C)s1. The van der Waals surface area contributed by atoms with E-state index in [4.69, 9.17) is 0 Å². The van der Waals surface area contributed by atoms with Crippen molar-refractivity contribution in [3.8, 4) is 5.75 Å². The summed E-state index contributed by atoms with van der Waals surface area (Å²) in [7, 11) is 0. The van der Waals surface area contributed by atoms with Gasteiger partial charge in [-0.3, -0.25) is 0 Å². The Bertz CT molecular complexity index is 604. The van der Waals surface area contributed by atoms with Crippen molar-refractivity contribution >= 4 is 17.0 Å². The van der Waals surface area contributed by atoms with Crippen LogP contribution in [0.25, 0.3) is 0 Å². The molecule has 2 N–H and O–H groups in total. The van der Waals surface area contributed by atoms with Crippen molar-refractivity contribution in [2.45, 2.75) is 40.7 Å². The van der Waals surface area contributed by atoms with Crippen LogP contribution in [0.2, 0.25) is 0 Å². The summed E-state index contributed by atoms with van der Waals surface area (Å²) in [5.74, 6) is 0.344. The van der Waals surface area contributed by atoms with E-state index in [9.17, 15) is 5.11 Å². The maximum absolute atomic E-state index is 9.68. The van der Waals surface area contributed by atoms with E-state index in [-0.39, 0.29) is 6.04 Å². The van der Waals surface area contributed by atoms with Gasteiger partial charge in [0.2, 0.25) is 0 Å². The number of nitrogens with one attached hydrogen (secondary N) is 1. The zero-order chi connectivity index (χ0) is 14.2. The fraction of sp³-hybridized carbons (Fsp3) is 0.400. The Morgan fingerprint density at radius 2 is 1.84 bits per heavy atom. The molecule has 0 aliphatic heterocycles. The minimum atomic E-state index is 0.160. The molecule has 0 bridgehead atoms. The van der Waals surface area contributed by atoms with Crippen LogP contribution in [0.5, 0.6) is 5.75 Å². The third kappa shape index (κ3) is 2.89. The summed E-state index contributed by atoms with van der Waals surface area (Å²) in [4.78, 5) is 5.84. The highest BCUT2D eigenvalue weighted by Crippen LogP contribution is 2.30. The standard InChI is InChI=1S/C15H20N2OS/c1-8-7-14(18)9(2)6-13(8)16-10(3)15-11(4)19-12(5)17-15/h6-7,10,16,18H,1-5H3. The van der Waals surface area contributed by atoms with Crippen LogP contribution >= 0.6 is 11.3 Å². The van der Waals surface area contributed by atoms with E-state index in [1.165, 1.54) is 4.88 Å². The normalized spacial score (nSPS) is 12.5. The largest absolute Gasteiger partial charge is 0.508 e. The lowest BCUT2D eigenvalue weighted by Gasteiger charge is -2.17. The summed E-state index contributed by atoms with van der Waals surface area (Å²) in [5, 5.41) is 14.3. The second-order valence-corrected chi connectivity index (χ2v) is 6.40. The van der Waals surface area contributed by atoms with Gasteiger partial charge in [-0.2, -0.15) is 0 Å². The summed E-state index contributed by atoms with van der Waals surface area (Å²) in [6.45, 7) is 10.1. The van der Waals surface area contributed by atoms with Crippen LogP contribution in [-0.2, 0) is 0 Å². The highest BCUT2D eigenvalue weighted by molar-refractivity contribution is 7.11. The molecule has 0 aliphatic carbocycles. The molecule has 0 saturated carbocycles. The second kappa shape index (κ2) is 5.21. The smallest absolute Gasteiger partial charge is 0.118 e. The van der Waals surface area contributed by atoms with E-state index in [1.807, 2.05) is 26.8 Å². The molecule has 102 valence electrons. The highest BCUT2D eigenvalue weighted by Gasteiger charge is 2.14. The van der Waals surface area contributed by atoms with Crippen molar-refractivity contribution in [2.75, 3.05) is 5.32 Å². The van der Waals surface area contributed by atoms with Gasteiger partial charge in [0.1, 0.15) is 5.75 Å². The first-order valence-electron chi connectivity index (χ1n) is 6.39. The van der Waals surface area contributed by atoms with Gasteiger partial charge in [-0.1, -0.05) is 0 Å². The molecule has 0 saturated heterocycles. The molecule has 1 aromatic heterocycles. The zero-order valence-corrected chi connectivity index (χ0v) is 12.9. The van der Waals surface area contributed by atoms with E-state index in [2.05, 4.69) is 24.1 Å². The van der Waals surface area contributed by atoms with Gasteiger partial charge < -0.3 is 10.4 Å². The first kappa shape index (κ1) is 13.9. The second-order valence-electron chi connectivity index (χ2n) is 4.99. The number of thiazole rings is 1. The van der Waals surface area contributed by atoms with Gasteiger partial charge in [-0.25, -0.2) is 4.98 Å². The number of anilines is 1. The number of phenolic OH excluding ortho intramolecular Hbond substituents is 1. The minimum Gasteiger partial charge on any atom is -0.508 e. The number of phenols is 1. The van der Waals surface area contributed by atoms with Crippen LogP contribution < -0.4 is 5.32 Å². The topological polar surface area (TPSA) is 45.2 Å². The summed E-state index contributed by atoms with van der Waals surface area (Å²) in [6, 6.07) is 3.94. The van der Waals surface area contributed by atoms with E-state index >= 15 is 0 Å². The van der Waals surface area contributed by atoms with Crippen molar-refractivity contribution in [1.82, 2.24) is 4.98 Å². The van der Waals surface area contributed by atoms with Gasteiger partial charge in [-0.15, -0.1) is 11.3 Å². The van der Waals surface area contributed by atoms with Crippen molar-refractivity contribution in [3.05, 3.63) is 38.8 Å². The summed E-state index contributed by atoms with van der Waals surface area (Å²) in [5.41, 5.74) is 4.08. The lowest BCUT2D eigenvalue weighted by atomic mass is 10.1. The first-order valence-corrected chi connectivity index (χ1v) is 7.20. The molecule has 0 radical (unpaired) electrons. The van der Waals surface area contributed by atoms with Gasteiger partial charge in [0, 0.05) is 10.6 Å². The molecule has 0 spiro atoms. The Labute approximate surface area is 118 Å². The van der Waals surface area contributed by atoms with E-state index < -0.39 is 0 Å². The summed E-state index contributed by atoms with van der Waals surface area (Å²) in [6.07, 6.45) is 0. The Balaban J connectivity index is 2.26. The molecule has 1 heterocycles. The Hall–Kier alpha value is -1.55. The van der Waals surface area contributed by atoms with Crippen molar-refractivity contribution in [1.29, 1.82) is 0 Å². The Morgan fingerprint density at radius 3 is 2.42 bits per heavy atom. The summed E-state index contributed by atoms with van der Waals surface area (Å²) < 4.78 is 0. The van der Waals surface area contributed by atoms with Gasteiger partial charge in [0.25, 0.3) is 0 Å². The Morgan fingerprint density at radius 1 is 1.16 bits per heavy atom. The van der Waals surface area contributed by atoms with Crippen LogP contribution in [0.3, 0.4) is 0 Å². The number of aromatic hydroxyl groups is 1. The molecule has 19 heavy (non-hydrogen) atoms. The molecular formula is C15H20N2OS. The molecule has 1 aromatic carbocycles. The number of benzene rings is 1. The monoisotopic (exact) mass is 276 g/mol. The van der Waals surface area contributed by atoms with E-state index in [0.717, 1.165) is 27.5 Å². The van der Waals surface area contributed by atoms with Crippen LogP contribution in [0, 0.1) is 27.7 Å². The average Bonchev–Trinajstić information content (AvgIpc) is 2.65. The molecule has 1 atom stereocenters. The molecule has 0 amide bonds. The van der Waals surface area contributed by atoms with Gasteiger partial charge >= 0.3 is 0 Å². The van der Waals surface area contributed by atoms with E-state index in [0.29, 0.717) is 5.75 Å². The number of aromatic nitrogens is 1. The van der Waals surface area contributed by atoms with Gasteiger partial charge in [-0.05, 0) is 57.9 Å². The average molecular weight is 276 g/mol. The molecule has 3 nitrogen and oxygen atoms in total. The number of hydrogen-bond acceptors (Lipinski definition) is 4. The number of nitrogens with zero attached hydrogens (tertiary/aromatic N) is 1.